The first-order chi connectivity index (χ1) is 11.7. The van der Waals surface area contributed by atoms with Crippen molar-refractivity contribution in [1.82, 2.24) is 15.5 Å². The number of aliphatic imine (C=N–C) groups is 1. The normalized spacial score (nSPS) is 30.1. The molecule has 0 saturated carbocycles. The number of nitrogens with zero attached hydrogens (tertiary/aromatic N) is 2. The van der Waals surface area contributed by atoms with E-state index in [9.17, 15) is 0 Å². The Morgan fingerprint density at radius 3 is 2.28 bits per heavy atom. The van der Waals surface area contributed by atoms with Gasteiger partial charge >= 0.3 is 0 Å². The van der Waals surface area contributed by atoms with Gasteiger partial charge in [-0.05, 0) is 58.5 Å². The van der Waals surface area contributed by atoms with Crippen LogP contribution in [-0.4, -0.2) is 75.0 Å². The highest BCUT2D eigenvalue weighted by Crippen LogP contribution is 2.30. The first kappa shape index (κ1) is 21.2. The molecule has 0 amide bonds. The van der Waals surface area contributed by atoms with Gasteiger partial charge in [0, 0.05) is 45.5 Å². The van der Waals surface area contributed by atoms with Gasteiger partial charge in [0.15, 0.2) is 5.96 Å². The molecule has 3 saturated heterocycles. The van der Waals surface area contributed by atoms with Crippen molar-refractivity contribution in [2.45, 2.75) is 56.6 Å². The van der Waals surface area contributed by atoms with Gasteiger partial charge in [0.05, 0.1) is 5.60 Å². The third kappa shape index (κ3) is 5.43. The summed E-state index contributed by atoms with van der Waals surface area (Å²) in [4.78, 5) is 7.09. The van der Waals surface area contributed by atoms with Gasteiger partial charge in [-0.2, -0.15) is 0 Å². The Kier molecular flexibility index (Phi) is 8.23. The number of likely N-dealkylation sites (tertiary alicyclic amines) is 1. The number of hydrogen-bond acceptors (Lipinski definition) is 4. The van der Waals surface area contributed by atoms with Gasteiger partial charge in [-0.3, -0.25) is 9.89 Å². The fourth-order valence-corrected chi connectivity index (χ4v) is 4.26. The van der Waals surface area contributed by atoms with Gasteiger partial charge in [-0.15, -0.1) is 24.0 Å². The molecule has 2 N–H and O–H groups in total. The summed E-state index contributed by atoms with van der Waals surface area (Å²) in [5.41, 5.74) is 0.170. The molecule has 3 aliphatic rings. The van der Waals surface area contributed by atoms with Crippen molar-refractivity contribution in [3.63, 3.8) is 0 Å². The highest BCUT2D eigenvalue weighted by molar-refractivity contribution is 14.0. The summed E-state index contributed by atoms with van der Waals surface area (Å²) in [6, 6.07) is 0. The summed E-state index contributed by atoms with van der Waals surface area (Å²) in [7, 11) is 1.85. The van der Waals surface area contributed by atoms with Crippen LogP contribution in [0, 0.1) is 0 Å². The maximum absolute atomic E-state index is 5.86. The number of halogens is 1. The lowest BCUT2D eigenvalue weighted by atomic mass is 9.88. The second-order valence-electron chi connectivity index (χ2n) is 7.71. The Labute approximate surface area is 169 Å². The quantitative estimate of drug-likeness (QED) is 0.369. The minimum atomic E-state index is -0.0526. The Bertz CT molecular complexity index is 429. The molecule has 3 heterocycles. The Balaban J connectivity index is 0.00000225. The Morgan fingerprint density at radius 2 is 1.68 bits per heavy atom. The number of guanidine groups is 1. The van der Waals surface area contributed by atoms with Crippen LogP contribution in [0.4, 0.5) is 0 Å². The van der Waals surface area contributed by atoms with Gasteiger partial charge in [-0.25, -0.2) is 0 Å². The van der Waals surface area contributed by atoms with E-state index in [0.29, 0.717) is 0 Å². The van der Waals surface area contributed by atoms with E-state index in [2.05, 4.69) is 27.4 Å². The third-order valence-corrected chi connectivity index (χ3v) is 5.94. The standard InChI is InChI=1S/C18H34N4O2.HI/c1-17(6-5-11-24-17)14-20-16(19-2)21-15-18(7-12-23-13-8-18)22-9-3-4-10-22;/h3-15H2,1-2H3,(H2,19,20,21);1H. The molecule has 6 nitrogen and oxygen atoms in total. The fraction of sp³-hybridized carbons (Fsp3) is 0.944. The first-order valence-corrected chi connectivity index (χ1v) is 9.57. The molecule has 1 atom stereocenters. The van der Waals surface area contributed by atoms with Crippen molar-refractivity contribution in [3.05, 3.63) is 0 Å². The fourth-order valence-electron chi connectivity index (χ4n) is 4.26. The highest BCUT2D eigenvalue weighted by Gasteiger charge is 2.39. The largest absolute Gasteiger partial charge is 0.381 e. The second kappa shape index (κ2) is 9.71. The zero-order valence-corrected chi connectivity index (χ0v) is 18.1. The minimum Gasteiger partial charge on any atom is -0.381 e. The average molecular weight is 466 g/mol. The molecule has 1 unspecified atom stereocenters. The Hall–Kier alpha value is -0.120. The number of nitrogens with one attached hydrogen (secondary N) is 2. The van der Waals surface area contributed by atoms with E-state index in [4.69, 9.17) is 9.47 Å². The van der Waals surface area contributed by atoms with E-state index in [1.165, 1.54) is 25.9 Å². The van der Waals surface area contributed by atoms with Crippen LogP contribution in [0.3, 0.4) is 0 Å². The molecule has 0 aromatic heterocycles. The predicted octanol–water partition coefficient (Wildman–Crippen LogP) is 1.98. The molecule has 0 spiro atoms. The van der Waals surface area contributed by atoms with Crippen molar-refractivity contribution in [1.29, 1.82) is 0 Å². The number of ether oxygens (including phenoxy) is 2. The van der Waals surface area contributed by atoms with E-state index in [1.807, 2.05) is 7.05 Å². The highest BCUT2D eigenvalue weighted by atomic mass is 127. The SMILES string of the molecule is CN=C(NCC1(C)CCCO1)NCC1(N2CCCC2)CCOCC1.I. The molecule has 3 rings (SSSR count). The summed E-state index contributed by atoms with van der Waals surface area (Å²) in [5.74, 6) is 0.886. The van der Waals surface area contributed by atoms with E-state index in [-0.39, 0.29) is 35.1 Å². The van der Waals surface area contributed by atoms with Gasteiger partial charge < -0.3 is 20.1 Å². The lowest BCUT2D eigenvalue weighted by Crippen LogP contribution is -2.59. The molecule has 0 bridgehead atoms. The zero-order valence-electron chi connectivity index (χ0n) is 15.8. The van der Waals surface area contributed by atoms with Crippen molar-refractivity contribution < 1.29 is 9.47 Å². The van der Waals surface area contributed by atoms with Crippen LogP contribution < -0.4 is 10.6 Å². The van der Waals surface area contributed by atoms with Crippen molar-refractivity contribution in [2.75, 3.05) is 53.0 Å². The van der Waals surface area contributed by atoms with Crippen molar-refractivity contribution >= 4 is 29.9 Å². The van der Waals surface area contributed by atoms with Crippen LogP contribution in [0.15, 0.2) is 4.99 Å². The smallest absolute Gasteiger partial charge is 0.191 e. The Morgan fingerprint density at radius 1 is 1.00 bits per heavy atom. The molecule has 7 heteroatoms. The number of hydrogen-bond donors (Lipinski definition) is 2. The average Bonchev–Trinajstić information content (AvgIpc) is 3.28. The summed E-state index contributed by atoms with van der Waals surface area (Å²) < 4.78 is 11.5. The third-order valence-electron chi connectivity index (χ3n) is 5.94. The summed E-state index contributed by atoms with van der Waals surface area (Å²) in [5, 5.41) is 7.05. The molecular weight excluding hydrogens is 431 g/mol. The molecule has 0 aromatic rings. The van der Waals surface area contributed by atoms with E-state index in [1.54, 1.807) is 0 Å². The number of rotatable bonds is 5. The van der Waals surface area contributed by atoms with Gasteiger partial charge in [0.1, 0.15) is 0 Å². The van der Waals surface area contributed by atoms with Gasteiger partial charge in [0.2, 0.25) is 0 Å². The summed E-state index contributed by atoms with van der Waals surface area (Å²) in [6.45, 7) is 9.00. The lowest BCUT2D eigenvalue weighted by molar-refractivity contribution is -0.0164. The molecule has 25 heavy (non-hydrogen) atoms. The van der Waals surface area contributed by atoms with Crippen LogP contribution in [0.2, 0.25) is 0 Å². The molecule has 3 aliphatic heterocycles. The zero-order chi connectivity index (χ0) is 16.9. The van der Waals surface area contributed by atoms with E-state index >= 15 is 0 Å². The molecule has 3 fully saturated rings. The monoisotopic (exact) mass is 466 g/mol. The lowest BCUT2D eigenvalue weighted by Gasteiger charge is -2.45. The van der Waals surface area contributed by atoms with Crippen LogP contribution in [0.1, 0.15) is 45.4 Å². The summed E-state index contributed by atoms with van der Waals surface area (Å²) >= 11 is 0. The van der Waals surface area contributed by atoms with Crippen LogP contribution in [0.5, 0.6) is 0 Å². The second-order valence-corrected chi connectivity index (χ2v) is 7.71. The first-order valence-electron chi connectivity index (χ1n) is 9.57. The van der Waals surface area contributed by atoms with Crippen molar-refractivity contribution in [3.8, 4) is 0 Å². The maximum Gasteiger partial charge on any atom is 0.191 e. The molecule has 146 valence electrons. The minimum absolute atomic E-state index is 0. The van der Waals surface area contributed by atoms with Crippen LogP contribution in [0.25, 0.3) is 0 Å². The van der Waals surface area contributed by atoms with Crippen molar-refractivity contribution in [2.24, 2.45) is 4.99 Å². The maximum atomic E-state index is 5.86. The molecule has 0 radical (unpaired) electrons. The molecule has 0 aliphatic carbocycles. The predicted molar refractivity (Wildman–Crippen MR) is 112 cm³/mol. The van der Waals surface area contributed by atoms with Gasteiger partial charge in [0.25, 0.3) is 0 Å². The van der Waals surface area contributed by atoms with Gasteiger partial charge in [-0.1, -0.05) is 0 Å². The summed E-state index contributed by atoms with van der Waals surface area (Å²) in [6.07, 6.45) is 7.14. The molecular formula is C18H35IN4O2. The van der Waals surface area contributed by atoms with E-state index in [0.717, 1.165) is 64.6 Å². The van der Waals surface area contributed by atoms with E-state index < -0.39 is 0 Å². The topological polar surface area (TPSA) is 58.1 Å². The van der Waals surface area contributed by atoms with Crippen LogP contribution >= 0.6 is 24.0 Å². The molecule has 0 aromatic carbocycles. The van der Waals surface area contributed by atoms with Crippen LogP contribution in [-0.2, 0) is 9.47 Å².